The number of hydrogen-bond acceptors (Lipinski definition) is 6. The molecule has 1 heterocycles. The molecular weight excluding hydrogens is 462 g/mol. The van der Waals surface area contributed by atoms with E-state index < -0.39 is 11.2 Å². The van der Waals surface area contributed by atoms with E-state index in [9.17, 15) is 14.4 Å². The van der Waals surface area contributed by atoms with Crippen LogP contribution in [-0.4, -0.2) is 50.1 Å². The summed E-state index contributed by atoms with van der Waals surface area (Å²) in [6, 6.07) is 16.5. The Bertz CT molecular complexity index is 1220. The first-order chi connectivity index (χ1) is 16.7. The summed E-state index contributed by atoms with van der Waals surface area (Å²) in [6.45, 7) is 11.4. The van der Waals surface area contributed by atoms with Crippen LogP contribution in [0.1, 0.15) is 45.0 Å². The second-order valence-electron chi connectivity index (χ2n) is 8.86. The second kappa shape index (κ2) is 12.0. The minimum atomic E-state index is -0.600. The Hall–Kier alpha value is -3.17. The number of thioether (sulfide) groups is 1. The smallest absolute Gasteiger partial charge is 0.269 e. The zero-order valence-electron chi connectivity index (χ0n) is 20.8. The molecule has 0 aliphatic rings. The van der Waals surface area contributed by atoms with Gasteiger partial charge in [-0.15, -0.1) is 0 Å². The Labute approximate surface area is 210 Å². The second-order valence-corrected chi connectivity index (χ2v) is 10.2. The highest BCUT2D eigenvalue weighted by Crippen LogP contribution is 2.23. The Balaban J connectivity index is 1.79. The van der Waals surface area contributed by atoms with Crippen LogP contribution in [0.4, 0.5) is 0 Å². The van der Waals surface area contributed by atoms with Crippen molar-refractivity contribution in [2.24, 2.45) is 0 Å². The van der Waals surface area contributed by atoms with E-state index in [0.29, 0.717) is 46.8 Å². The number of fused-ring (bicyclic) bond motifs is 1. The summed E-state index contributed by atoms with van der Waals surface area (Å²) in [6.07, 6.45) is 0. The van der Waals surface area contributed by atoms with E-state index in [0.717, 1.165) is 0 Å². The van der Waals surface area contributed by atoms with E-state index in [1.807, 2.05) is 18.2 Å². The Morgan fingerprint density at radius 3 is 2.23 bits per heavy atom. The third kappa shape index (κ3) is 6.70. The molecule has 1 aromatic heterocycles. The quantitative estimate of drug-likeness (QED) is 0.268. The van der Waals surface area contributed by atoms with Crippen LogP contribution in [0.3, 0.4) is 0 Å². The first-order valence-electron chi connectivity index (χ1n) is 11.8. The van der Waals surface area contributed by atoms with Crippen LogP contribution in [0.15, 0.2) is 64.5 Å². The SMILES string of the molecule is CC(C)N(CCn1c(S[C@H](C)C(=O)NNC(=O)c2ccccc2)nc2ccccc2c1=O)C(C)C. The fourth-order valence-electron chi connectivity index (χ4n) is 3.86. The highest BCUT2D eigenvalue weighted by molar-refractivity contribution is 8.00. The number of benzene rings is 2. The Kier molecular flexibility index (Phi) is 9.06. The van der Waals surface area contributed by atoms with Gasteiger partial charge in [0.15, 0.2) is 5.16 Å². The summed E-state index contributed by atoms with van der Waals surface area (Å²) in [4.78, 5) is 45.3. The molecule has 0 aliphatic heterocycles. The summed E-state index contributed by atoms with van der Waals surface area (Å²) in [5, 5.41) is 0.416. The van der Waals surface area contributed by atoms with Crippen molar-refractivity contribution < 1.29 is 9.59 Å². The van der Waals surface area contributed by atoms with Crippen molar-refractivity contribution >= 4 is 34.5 Å². The zero-order chi connectivity index (χ0) is 25.5. The number of hydrogen-bond donors (Lipinski definition) is 2. The number of aromatic nitrogens is 2. The number of para-hydroxylation sites is 1. The molecule has 8 nitrogen and oxygen atoms in total. The topological polar surface area (TPSA) is 96.3 Å². The number of nitrogens with zero attached hydrogens (tertiary/aromatic N) is 3. The molecule has 2 N–H and O–H groups in total. The molecule has 0 saturated carbocycles. The number of nitrogens with one attached hydrogen (secondary N) is 2. The molecule has 3 aromatic rings. The van der Waals surface area contributed by atoms with Crippen molar-refractivity contribution in [1.29, 1.82) is 0 Å². The van der Waals surface area contributed by atoms with Crippen molar-refractivity contribution in [2.75, 3.05) is 6.54 Å². The first kappa shape index (κ1) is 26.4. The molecule has 3 rings (SSSR count). The summed E-state index contributed by atoms with van der Waals surface area (Å²) >= 11 is 1.19. The summed E-state index contributed by atoms with van der Waals surface area (Å²) < 4.78 is 1.65. The van der Waals surface area contributed by atoms with Crippen LogP contribution in [-0.2, 0) is 11.3 Å². The van der Waals surface area contributed by atoms with Gasteiger partial charge in [-0.05, 0) is 58.9 Å². The van der Waals surface area contributed by atoms with E-state index in [1.165, 1.54) is 11.8 Å². The molecule has 0 fully saturated rings. The van der Waals surface area contributed by atoms with Crippen molar-refractivity contribution in [3.05, 3.63) is 70.5 Å². The van der Waals surface area contributed by atoms with Gasteiger partial charge in [0.2, 0.25) is 0 Å². The third-order valence-electron chi connectivity index (χ3n) is 5.72. The molecule has 0 spiro atoms. The number of carbonyl (C=O) groups is 2. The molecule has 0 unspecified atom stereocenters. The highest BCUT2D eigenvalue weighted by Gasteiger charge is 2.21. The number of rotatable bonds is 9. The lowest BCUT2D eigenvalue weighted by atomic mass is 10.2. The maximum absolute atomic E-state index is 13.4. The lowest BCUT2D eigenvalue weighted by Crippen LogP contribution is -2.45. The number of carbonyl (C=O) groups excluding carboxylic acids is 2. The van der Waals surface area contributed by atoms with Crippen LogP contribution in [0, 0.1) is 0 Å². The van der Waals surface area contributed by atoms with Crippen LogP contribution in [0.5, 0.6) is 0 Å². The van der Waals surface area contributed by atoms with E-state index >= 15 is 0 Å². The van der Waals surface area contributed by atoms with Gasteiger partial charge < -0.3 is 0 Å². The van der Waals surface area contributed by atoms with Gasteiger partial charge in [-0.2, -0.15) is 0 Å². The molecular formula is C26H33N5O3S. The highest BCUT2D eigenvalue weighted by atomic mass is 32.2. The van der Waals surface area contributed by atoms with E-state index in [2.05, 4.69) is 43.4 Å². The molecule has 186 valence electrons. The molecule has 0 aliphatic carbocycles. The van der Waals surface area contributed by atoms with Crippen LogP contribution >= 0.6 is 11.8 Å². The Morgan fingerprint density at radius 1 is 0.943 bits per heavy atom. The molecule has 0 radical (unpaired) electrons. The first-order valence-corrected chi connectivity index (χ1v) is 12.6. The minimum absolute atomic E-state index is 0.129. The van der Waals surface area contributed by atoms with Crippen LogP contribution < -0.4 is 16.4 Å². The largest absolute Gasteiger partial charge is 0.297 e. The fraction of sp³-hybridized carbons (Fsp3) is 0.385. The molecule has 0 saturated heterocycles. The van der Waals surface area contributed by atoms with Gasteiger partial charge in [-0.1, -0.05) is 42.1 Å². The molecule has 35 heavy (non-hydrogen) atoms. The Morgan fingerprint density at radius 2 is 1.57 bits per heavy atom. The average molecular weight is 496 g/mol. The number of amides is 2. The fourth-order valence-corrected chi connectivity index (χ4v) is 4.79. The lowest BCUT2D eigenvalue weighted by Gasteiger charge is -2.31. The van der Waals surface area contributed by atoms with Crippen molar-refractivity contribution in [1.82, 2.24) is 25.3 Å². The molecule has 2 amide bonds. The van der Waals surface area contributed by atoms with Crippen molar-refractivity contribution in [2.45, 2.75) is 63.7 Å². The monoisotopic (exact) mass is 495 g/mol. The van der Waals surface area contributed by atoms with Gasteiger partial charge in [-0.3, -0.25) is 34.7 Å². The van der Waals surface area contributed by atoms with Gasteiger partial charge in [-0.25, -0.2) is 4.98 Å². The standard InChI is InChI=1S/C26H33N5O3S/c1-17(2)30(18(3)4)15-16-31-25(34)21-13-9-10-14-22(21)27-26(31)35-19(5)23(32)28-29-24(33)20-11-7-6-8-12-20/h6-14,17-19H,15-16H2,1-5H3,(H,28,32)(H,29,33)/t19-/m1/s1. The molecule has 1 atom stereocenters. The number of hydrazine groups is 1. The van der Waals surface area contributed by atoms with E-state index in [1.54, 1.807) is 47.9 Å². The predicted molar refractivity (Wildman–Crippen MR) is 140 cm³/mol. The van der Waals surface area contributed by atoms with Crippen molar-refractivity contribution in [3.8, 4) is 0 Å². The summed E-state index contributed by atoms with van der Waals surface area (Å²) in [7, 11) is 0. The van der Waals surface area contributed by atoms with Crippen LogP contribution in [0.2, 0.25) is 0 Å². The lowest BCUT2D eigenvalue weighted by molar-refractivity contribution is -0.121. The molecule has 0 bridgehead atoms. The normalized spacial score (nSPS) is 12.3. The van der Waals surface area contributed by atoms with Crippen LogP contribution in [0.25, 0.3) is 10.9 Å². The minimum Gasteiger partial charge on any atom is -0.297 e. The molecule has 2 aromatic carbocycles. The zero-order valence-corrected chi connectivity index (χ0v) is 21.6. The van der Waals surface area contributed by atoms with Gasteiger partial charge >= 0.3 is 0 Å². The van der Waals surface area contributed by atoms with Crippen molar-refractivity contribution in [3.63, 3.8) is 0 Å². The van der Waals surface area contributed by atoms with E-state index in [-0.39, 0.29) is 11.5 Å². The van der Waals surface area contributed by atoms with E-state index in [4.69, 9.17) is 4.98 Å². The average Bonchev–Trinajstić information content (AvgIpc) is 2.84. The summed E-state index contributed by atoms with van der Waals surface area (Å²) in [5.74, 6) is -0.793. The predicted octanol–water partition coefficient (Wildman–Crippen LogP) is 3.46. The van der Waals surface area contributed by atoms with Gasteiger partial charge in [0, 0.05) is 30.7 Å². The third-order valence-corrected chi connectivity index (χ3v) is 6.81. The van der Waals surface area contributed by atoms with Gasteiger partial charge in [0.05, 0.1) is 16.2 Å². The maximum atomic E-state index is 13.4. The molecule has 9 heteroatoms. The maximum Gasteiger partial charge on any atom is 0.269 e. The van der Waals surface area contributed by atoms with Gasteiger partial charge in [0.1, 0.15) is 0 Å². The summed E-state index contributed by atoms with van der Waals surface area (Å²) in [5.41, 5.74) is 5.81. The van der Waals surface area contributed by atoms with Gasteiger partial charge in [0.25, 0.3) is 17.4 Å².